The molecule has 0 aromatic heterocycles. The summed E-state index contributed by atoms with van der Waals surface area (Å²) in [4.78, 5) is 6.53. The highest BCUT2D eigenvalue weighted by atomic mass is 16.5. The quantitative estimate of drug-likeness (QED) is 0.888. The number of hydrogen-bond acceptors (Lipinski definition) is 4. The largest absolute Gasteiger partial charge is 0.497 e. The minimum atomic E-state index is -0.00653. The van der Waals surface area contributed by atoms with E-state index in [9.17, 15) is 0 Å². The maximum Gasteiger partial charge on any atom is 0.196 e. The molecule has 4 nitrogen and oxygen atoms in total. The van der Waals surface area contributed by atoms with E-state index in [0.717, 1.165) is 30.8 Å². The van der Waals surface area contributed by atoms with Gasteiger partial charge in [0.1, 0.15) is 5.75 Å². The third-order valence-electron chi connectivity index (χ3n) is 3.47. The van der Waals surface area contributed by atoms with Gasteiger partial charge in [-0.25, -0.2) is 0 Å². The molecule has 0 aliphatic carbocycles. The number of rotatable bonds is 4. The first-order valence-electron chi connectivity index (χ1n) is 6.35. The first kappa shape index (κ1) is 12.7. The summed E-state index contributed by atoms with van der Waals surface area (Å²) in [5.41, 5.74) is 7.10. The molecule has 0 bridgehead atoms. The molecule has 1 aliphatic heterocycles. The zero-order valence-corrected chi connectivity index (χ0v) is 11.3. The number of guanidine groups is 1. The molecular weight excluding hydrogens is 226 g/mol. The van der Waals surface area contributed by atoms with Crippen molar-refractivity contribution < 1.29 is 4.74 Å². The summed E-state index contributed by atoms with van der Waals surface area (Å²) in [6.45, 7) is 5.16. The van der Waals surface area contributed by atoms with Crippen LogP contribution in [0.15, 0.2) is 29.3 Å². The van der Waals surface area contributed by atoms with Gasteiger partial charge in [-0.1, -0.05) is 13.3 Å². The molecule has 98 valence electrons. The van der Waals surface area contributed by atoms with Crippen molar-refractivity contribution in [1.82, 2.24) is 0 Å². The van der Waals surface area contributed by atoms with Crippen LogP contribution in [0.2, 0.25) is 0 Å². The maximum absolute atomic E-state index is 6.03. The average Bonchev–Trinajstić information content (AvgIpc) is 2.66. The molecule has 0 amide bonds. The summed E-state index contributed by atoms with van der Waals surface area (Å²) in [5, 5.41) is 0. The number of ether oxygens (including phenoxy) is 1. The number of methoxy groups -OCH3 is 1. The predicted molar refractivity (Wildman–Crippen MR) is 75.3 cm³/mol. The Bertz CT molecular complexity index is 441. The molecule has 0 fully saturated rings. The van der Waals surface area contributed by atoms with Crippen molar-refractivity contribution in [2.75, 3.05) is 18.6 Å². The van der Waals surface area contributed by atoms with Crippen molar-refractivity contribution in [2.24, 2.45) is 10.7 Å². The first-order chi connectivity index (χ1) is 8.60. The van der Waals surface area contributed by atoms with Gasteiger partial charge < -0.3 is 15.4 Å². The number of anilines is 1. The molecule has 2 rings (SSSR count). The molecule has 4 heteroatoms. The number of benzene rings is 1. The van der Waals surface area contributed by atoms with Crippen LogP contribution < -0.4 is 15.4 Å². The SMILES string of the molecule is CCCC1(C)CN=C(N)N1c1ccc(OC)cc1. The van der Waals surface area contributed by atoms with Crippen LogP contribution in [0, 0.1) is 0 Å². The Hall–Kier alpha value is -1.71. The minimum absolute atomic E-state index is 0.00653. The number of nitrogens with two attached hydrogens (primary N) is 1. The van der Waals surface area contributed by atoms with Gasteiger partial charge in [-0.15, -0.1) is 0 Å². The molecule has 1 heterocycles. The minimum Gasteiger partial charge on any atom is -0.497 e. The normalized spacial score (nSPS) is 23.1. The van der Waals surface area contributed by atoms with Crippen LogP contribution in [-0.4, -0.2) is 25.2 Å². The standard InChI is InChI=1S/C14H21N3O/c1-4-9-14(2)10-16-13(15)17(14)11-5-7-12(18-3)8-6-11/h5-8H,4,9-10H2,1-3H3,(H2,15,16). The molecule has 0 radical (unpaired) electrons. The molecular formula is C14H21N3O. The summed E-state index contributed by atoms with van der Waals surface area (Å²) in [5.74, 6) is 1.46. The highest BCUT2D eigenvalue weighted by molar-refractivity contribution is 5.98. The fourth-order valence-electron chi connectivity index (χ4n) is 2.57. The fourth-order valence-corrected chi connectivity index (χ4v) is 2.57. The lowest BCUT2D eigenvalue weighted by Gasteiger charge is -2.36. The average molecular weight is 247 g/mol. The lowest BCUT2D eigenvalue weighted by molar-refractivity contribution is 0.414. The van der Waals surface area contributed by atoms with Crippen molar-refractivity contribution in [3.63, 3.8) is 0 Å². The molecule has 1 aromatic rings. The van der Waals surface area contributed by atoms with Crippen molar-refractivity contribution >= 4 is 11.6 Å². The molecule has 0 saturated heterocycles. The lowest BCUT2D eigenvalue weighted by Crippen LogP contribution is -2.49. The fraction of sp³-hybridized carbons (Fsp3) is 0.500. The van der Waals surface area contributed by atoms with E-state index in [1.54, 1.807) is 7.11 Å². The van der Waals surface area contributed by atoms with Crippen LogP contribution in [-0.2, 0) is 0 Å². The summed E-state index contributed by atoms with van der Waals surface area (Å²) >= 11 is 0. The van der Waals surface area contributed by atoms with Gasteiger partial charge in [0.15, 0.2) is 5.96 Å². The Balaban J connectivity index is 2.30. The monoisotopic (exact) mass is 247 g/mol. The van der Waals surface area contributed by atoms with Gasteiger partial charge in [-0.3, -0.25) is 4.99 Å². The Morgan fingerprint density at radius 1 is 1.39 bits per heavy atom. The van der Waals surface area contributed by atoms with Gasteiger partial charge in [0, 0.05) is 5.69 Å². The molecule has 1 unspecified atom stereocenters. The van der Waals surface area contributed by atoms with Gasteiger partial charge in [0.2, 0.25) is 0 Å². The Kier molecular flexibility index (Phi) is 3.45. The summed E-state index contributed by atoms with van der Waals surface area (Å²) in [6.07, 6.45) is 2.19. The molecule has 1 atom stereocenters. The van der Waals surface area contributed by atoms with E-state index in [2.05, 4.69) is 23.7 Å². The van der Waals surface area contributed by atoms with Crippen molar-refractivity contribution in [1.29, 1.82) is 0 Å². The Morgan fingerprint density at radius 2 is 2.06 bits per heavy atom. The summed E-state index contributed by atoms with van der Waals surface area (Å²) in [6, 6.07) is 7.96. The summed E-state index contributed by atoms with van der Waals surface area (Å²) < 4.78 is 5.18. The van der Waals surface area contributed by atoms with Crippen LogP contribution >= 0.6 is 0 Å². The number of hydrogen-bond donors (Lipinski definition) is 1. The number of aliphatic imine (C=N–C) groups is 1. The third-order valence-corrected chi connectivity index (χ3v) is 3.47. The van der Waals surface area contributed by atoms with Crippen LogP contribution in [0.5, 0.6) is 5.75 Å². The van der Waals surface area contributed by atoms with Gasteiger partial charge in [0.05, 0.1) is 19.2 Å². The highest BCUT2D eigenvalue weighted by Crippen LogP contribution is 2.32. The molecule has 18 heavy (non-hydrogen) atoms. The van der Waals surface area contributed by atoms with E-state index in [0.29, 0.717) is 5.96 Å². The second-order valence-electron chi connectivity index (χ2n) is 4.95. The zero-order valence-electron chi connectivity index (χ0n) is 11.3. The third kappa shape index (κ3) is 2.15. The van der Waals surface area contributed by atoms with E-state index in [-0.39, 0.29) is 5.54 Å². The van der Waals surface area contributed by atoms with Gasteiger partial charge >= 0.3 is 0 Å². The second kappa shape index (κ2) is 4.88. The number of nitrogens with zero attached hydrogens (tertiary/aromatic N) is 2. The van der Waals surface area contributed by atoms with Gasteiger partial charge in [-0.05, 0) is 37.6 Å². The van der Waals surface area contributed by atoms with Crippen LogP contribution in [0.3, 0.4) is 0 Å². The Morgan fingerprint density at radius 3 is 2.61 bits per heavy atom. The van der Waals surface area contributed by atoms with Crippen molar-refractivity contribution in [3.05, 3.63) is 24.3 Å². The molecule has 0 spiro atoms. The van der Waals surface area contributed by atoms with E-state index in [1.807, 2.05) is 24.3 Å². The van der Waals surface area contributed by atoms with Gasteiger partial charge in [0.25, 0.3) is 0 Å². The molecule has 1 aliphatic rings. The van der Waals surface area contributed by atoms with Crippen LogP contribution in [0.1, 0.15) is 26.7 Å². The molecule has 0 saturated carbocycles. The van der Waals surface area contributed by atoms with E-state index >= 15 is 0 Å². The lowest BCUT2D eigenvalue weighted by atomic mass is 9.94. The molecule has 1 aromatic carbocycles. The second-order valence-corrected chi connectivity index (χ2v) is 4.95. The first-order valence-corrected chi connectivity index (χ1v) is 6.35. The smallest absolute Gasteiger partial charge is 0.196 e. The molecule has 2 N–H and O–H groups in total. The zero-order chi connectivity index (χ0) is 13.2. The van der Waals surface area contributed by atoms with Crippen molar-refractivity contribution in [3.8, 4) is 5.75 Å². The van der Waals surface area contributed by atoms with Crippen molar-refractivity contribution in [2.45, 2.75) is 32.2 Å². The van der Waals surface area contributed by atoms with Crippen LogP contribution in [0.25, 0.3) is 0 Å². The van der Waals surface area contributed by atoms with Crippen LogP contribution in [0.4, 0.5) is 5.69 Å². The van der Waals surface area contributed by atoms with E-state index in [4.69, 9.17) is 10.5 Å². The predicted octanol–water partition coefficient (Wildman–Crippen LogP) is 2.39. The van der Waals surface area contributed by atoms with E-state index < -0.39 is 0 Å². The summed E-state index contributed by atoms with van der Waals surface area (Å²) in [7, 11) is 1.67. The Labute approximate surface area is 108 Å². The topological polar surface area (TPSA) is 50.8 Å². The van der Waals surface area contributed by atoms with E-state index in [1.165, 1.54) is 0 Å². The highest BCUT2D eigenvalue weighted by Gasteiger charge is 2.38. The maximum atomic E-state index is 6.03. The van der Waals surface area contributed by atoms with Gasteiger partial charge in [-0.2, -0.15) is 0 Å².